The fraction of sp³-hybridized carbons (Fsp3) is 0.438. The summed E-state index contributed by atoms with van der Waals surface area (Å²) in [5.41, 5.74) is 1.23. The first-order valence-electron chi connectivity index (χ1n) is 7.35. The predicted octanol–water partition coefficient (Wildman–Crippen LogP) is 1.42. The minimum atomic E-state index is 0.169. The van der Waals surface area contributed by atoms with E-state index in [-0.39, 0.29) is 6.04 Å². The number of aromatic nitrogens is 2. The Labute approximate surface area is 125 Å². The molecular weight excluding hydrogens is 264 g/mol. The Morgan fingerprint density at radius 3 is 2.76 bits per heavy atom. The highest BCUT2D eigenvalue weighted by Gasteiger charge is 2.27. The SMILES string of the molecule is COc1cccc(C(c2nccn2C)N2CCNCC2)c1. The molecule has 1 N–H and O–H groups in total. The highest BCUT2D eigenvalue weighted by Crippen LogP contribution is 2.29. The largest absolute Gasteiger partial charge is 0.497 e. The monoisotopic (exact) mass is 286 g/mol. The van der Waals surface area contributed by atoms with Crippen LogP contribution in [0, 0.1) is 0 Å². The summed E-state index contributed by atoms with van der Waals surface area (Å²) in [6.45, 7) is 4.08. The highest BCUT2D eigenvalue weighted by atomic mass is 16.5. The highest BCUT2D eigenvalue weighted by molar-refractivity contribution is 5.33. The van der Waals surface area contributed by atoms with E-state index < -0.39 is 0 Å². The second kappa shape index (κ2) is 6.28. The maximum absolute atomic E-state index is 5.38. The summed E-state index contributed by atoms with van der Waals surface area (Å²) in [6.07, 6.45) is 3.87. The van der Waals surface area contributed by atoms with E-state index >= 15 is 0 Å². The summed E-state index contributed by atoms with van der Waals surface area (Å²) < 4.78 is 7.49. The summed E-state index contributed by atoms with van der Waals surface area (Å²) in [7, 11) is 3.76. The lowest BCUT2D eigenvalue weighted by Gasteiger charge is -2.34. The molecule has 112 valence electrons. The Balaban J connectivity index is 2.00. The molecule has 1 unspecified atom stereocenters. The number of piperazine rings is 1. The third-order valence-corrected chi connectivity index (χ3v) is 4.03. The van der Waals surface area contributed by atoms with E-state index in [1.807, 2.05) is 24.5 Å². The Bertz CT molecular complexity index is 589. The number of aryl methyl sites for hydroxylation is 1. The maximum Gasteiger partial charge on any atom is 0.130 e. The molecule has 0 spiro atoms. The van der Waals surface area contributed by atoms with E-state index in [0.717, 1.165) is 37.8 Å². The van der Waals surface area contributed by atoms with E-state index in [0.29, 0.717) is 0 Å². The van der Waals surface area contributed by atoms with Crippen molar-refractivity contribution in [2.24, 2.45) is 7.05 Å². The van der Waals surface area contributed by atoms with Gasteiger partial charge in [0.15, 0.2) is 0 Å². The molecule has 2 heterocycles. The van der Waals surface area contributed by atoms with Crippen molar-refractivity contribution in [3.05, 3.63) is 48.0 Å². The zero-order valence-electron chi connectivity index (χ0n) is 12.6. The van der Waals surface area contributed by atoms with Crippen molar-refractivity contribution in [3.63, 3.8) is 0 Å². The molecule has 5 heteroatoms. The molecule has 1 atom stereocenters. The van der Waals surface area contributed by atoms with Crippen molar-refractivity contribution in [2.45, 2.75) is 6.04 Å². The molecular formula is C16H22N4O. The fourth-order valence-corrected chi connectivity index (χ4v) is 2.92. The molecule has 1 fully saturated rings. The number of nitrogens with one attached hydrogen (secondary N) is 1. The number of ether oxygens (including phenoxy) is 1. The molecule has 1 aromatic carbocycles. The fourth-order valence-electron chi connectivity index (χ4n) is 2.92. The van der Waals surface area contributed by atoms with Gasteiger partial charge in [0.1, 0.15) is 11.6 Å². The van der Waals surface area contributed by atoms with Gasteiger partial charge in [-0.3, -0.25) is 4.90 Å². The van der Waals surface area contributed by atoms with Gasteiger partial charge in [-0.2, -0.15) is 0 Å². The van der Waals surface area contributed by atoms with Crippen LogP contribution in [0.4, 0.5) is 0 Å². The number of hydrogen-bond acceptors (Lipinski definition) is 4. The first-order valence-corrected chi connectivity index (χ1v) is 7.35. The molecule has 0 radical (unpaired) electrons. The molecule has 0 amide bonds. The third kappa shape index (κ3) is 2.94. The molecule has 0 aliphatic carbocycles. The smallest absolute Gasteiger partial charge is 0.130 e. The molecule has 1 aromatic heterocycles. The number of methoxy groups -OCH3 is 1. The zero-order chi connectivity index (χ0) is 14.7. The van der Waals surface area contributed by atoms with Gasteiger partial charge in [-0.15, -0.1) is 0 Å². The second-order valence-corrected chi connectivity index (χ2v) is 5.36. The third-order valence-electron chi connectivity index (χ3n) is 4.03. The first-order chi connectivity index (χ1) is 10.3. The lowest BCUT2D eigenvalue weighted by atomic mass is 10.0. The molecule has 5 nitrogen and oxygen atoms in total. The molecule has 1 saturated heterocycles. The van der Waals surface area contributed by atoms with E-state index in [9.17, 15) is 0 Å². The van der Waals surface area contributed by atoms with Crippen molar-refractivity contribution in [3.8, 4) is 5.75 Å². The maximum atomic E-state index is 5.38. The molecule has 21 heavy (non-hydrogen) atoms. The zero-order valence-corrected chi connectivity index (χ0v) is 12.6. The Morgan fingerprint density at radius 1 is 1.29 bits per heavy atom. The van der Waals surface area contributed by atoms with Crippen LogP contribution >= 0.6 is 0 Å². The van der Waals surface area contributed by atoms with Gasteiger partial charge in [0.2, 0.25) is 0 Å². The number of nitrogens with zero attached hydrogens (tertiary/aromatic N) is 3. The van der Waals surface area contributed by atoms with Crippen LogP contribution in [0.25, 0.3) is 0 Å². The standard InChI is InChI=1S/C16H22N4O/c1-19-9-8-18-16(19)15(20-10-6-17-7-11-20)13-4-3-5-14(12-13)21-2/h3-5,8-9,12,15,17H,6-7,10-11H2,1-2H3. The number of imidazole rings is 1. The molecule has 2 aromatic rings. The van der Waals surface area contributed by atoms with Crippen LogP contribution in [0.1, 0.15) is 17.4 Å². The normalized spacial score (nSPS) is 17.6. The van der Waals surface area contributed by atoms with Gasteiger partial charge < -0.3 is 14.6 Å². The minimum Gasteiger partial charge on any atom is -0.497 e. The van der Waals surface area contributed by atoms with Gasteiger partial charge in [0.25, 0.3) is 0 Å². The lowest BCUT2D eigenvalue weighted by molar-refractivity contribution is 0.190. The Morgan fingerprint density at radius 2 is 2.10 bits per heavy atom. The number of hydrogen-bond donors (Lipinski definition) is 1. The summed E-state index contributed by atoms with van der Waals surface area (Å²) in [6, 6.07) is 8.47. The Hall–Kier alpha value is -1.85. The van der Waals surface area contributed by atoms with Gasteiger partial charge >= 0.3 is 0 Å². The van der Waals surface area contributed by atoms with Crippen LogP contribution in [-0.4, -0.2) is 47.7 Å². The molecule has 3 rings (SSSR count). The van der Waals surface area contributed by atoms with Crippen LogP contribution in [-0.2, 0) is 7.05 Å². The van der Waals surface area contributed by atoms with E-state index in [2.05, 4.69) is 38.9 Å². The number of benzene rings is 1. The van der Waals surface area contributed by atoms with Crippen LogP contribution in [0.15, 0.2) is 36.7 Å². The van der Waals surface area contributed by atoms with Crippen LogP contribution in [0.2, 0.25) is 0 Å². The lowest BCUT2D eigenvalue weighted by Crippen LogP contribution is -2.46. The van der Waals surface area contributed by atoms with Gasteiger partial charge in [0.05, 0.1) is 13.2 Å². The molecule has 0 saturated carbocycles. The first kappa shape index (κ1) is 14.1. The summed E-state index contributed by atoms with van der Waals surface area (Å²) in [5.74, 6) is 1.96. The second-order valence-electron chi connectivity index (χ2n) is 5.36. The van der Waals surface area contributed by atoms with Crippen molar-refractivity contribution >= 4 is 0 Å². The van der Waals surface area contributed by atoms with Crippen LogP contribution in [0.3, 0.4) is 0 Å². The van der Waals surface area contributed by atoms with Gasteiger partial charge in [-0.05, 0) is 17.7 Å². The van der Waals surface area contributed by atoms with Gasteiger partial charge in [-0.25, -0.2) is 4.98 Å². The van der Waals surface area contributed by atoms with E-state index in [1.165, 1.54) is 5.56 Å². The predicted molar refractivity (Wildman–Crippen MR) is 82.5 cm³/mol. The molecule has 1 aliphatic rings. The molecule has 0 bridgehead atoms. The van der Waals surface area contributed by atoms with Gasteiger partial charge in [-0.1, -0.05) is 12.1 Å². The topological polar surface area (TPSA) is 42.3 Å². The van der Waals surface area contributed by atoms with Crippen molar-refractivity contribution in [1.29, 1.82) is 0 Å². The van der Waals surface area contributed by atoms with Crippen molar-refractivity contribution in [1.82, 2.24) is 19.8 Å². The average Bonchev–Trinajstić information content (AvgIpc) is 2.95. The Kier molecular flexibility index (Phi) is 4.22. The van der Waals surface area contributed by atoms with E-state index in [4.69, 9.17) is 4.74 Å². The summed E-state index contributed by atoms with van der Waals surface area (Å²) in [5, 5.41) is 3.41. The summed E-state index contributed by atoms with van der Waals surface area (Å²) >= 11 is 0. The quantitative estimate of drug-likeness (QED) is 0.923. The van der Waals surface area contributed by atoms with Crippen LogP contribution < -0.4 is 10.1 Å². The molecule has 1 aliphatic heterocycles. The van der Waals surface area contributed by atoms with Gasteiger partial charge in [0, 0.05) is 45.6 Å². The van der Waals surface area contributed by atoms with Crippen molar-refractivity contribution < 1.29 is 4.74 Å². The minimum absolute atomic E-state index is 0.169. The van der Waals surface area contributed by atoms with Crippen LogP contribution in [0.5, 0.6) is 5.75 Å². The number of rotatable bonds is 4. The summed E-state index contributed by atoms with van der Waals surface area (Å²) in [4.78, 5) is 7.06. The average molecular weight is 286 g/mol. The van der Waals surface area contributed by atoms with Crippen molar-refractivity contribution in [2.75, 3.05) is 33.3 Å². The van der Waals surface area contributed by atoms with E-state index in [1.54, 1.807) is 7.11 Å².